The van der Waals surface area contributed by atoms with Crippen molar-refractivity contribution in [3.63, 3.8) is 0 Å². The molecule has 0 aliphatic carbocycles. The Hall–Kier alpha value is -1.53. The van der Waals surface area contributed by atoms with E-state index < -0.39 is 12.6 Å². The molecule has 0 radical (unpaired) electrons. The van der Waals surface area contributed by atoms with Gasteiger partial charge in [-0.25, -0.2) is 9.97 Å². The lowest BCUT2D eigenvalue weighted by Crippen LogP contribution is -2.13. The van der Waals surface area contributed by atoms with Crippen LogP contribution in [0, 0.1) is 0 Å². The molecule has 0 bridgehead atoms. The Bertz CT molecular complexity index is 379. The molecule has 18 heavy (non-hydrogen) atoms. The fraction of sp³-hybridized carbons (Fsp3) is 0.636. The Balaban J connectivity index is 2.57. The van der Waals surface area contributed by atoms with E-state index in [-0.39, 0.29) is 13.0 Å². The van der Waals surface area contributed by atoms with Gasteiger partial charge in [-0.15, -0.1) is 0 Å². The quantitative estimate of drug-likeness (QED) is 0.774. The highest BCUT2D eigenvalue weighted by molar-refractivity contribution is 5.56. The Morgan fingerprint density at radius 1 is 1.22 bits per heavy atom. The van der Waals surface area contributed by atoms with Gasteiger partial charge < -0.3 is 10.6 Å². The molecule has 7 heteroatoms. The minimum atomic E-state index is -4.10. The summed E-state index contributed by atoms with van der Waals surface area (Å²) in [6.45, 7) is 2.19. The van der Waals surface area contributed by atoms with Gasteiger partial charge in [0.2, 0.25) is 0 Å². The van der Waals surface area contributed by atoms with E-state index in [9.17, 15) is 13.2 Å². The van der Waals surface area contributed by atoms with Crippen molar-refractivity contribution in [2.45, 2.75) is 32.4 Å². The molecule has 1 aromatic rings. The summed E-state index contributed by atoms with van der Waals surface area (Å²) in [5.74, 6) is 1.30. The lowest BCUT2D eigenvalue weighted by molar-refractivity contribution is -0.134. The van der Waals surface area contributed by atoms with E-state index in [1.54, 1.807) is 7.05 Å². The summed E-state index contributed by atoms with van der Waals surface area (Å²) in [6, 6.07) is 0. The molecule has 0 amide bonds. The fourth-order valence-corrected chi connectivity index (χ4v) is 1.61. The van der Waals surface area contributed by atoms with Gasteiger partial charge in [0.1, 0.15) is 18.0 Å². The van der Waals surface area contributed by atoms with Crippen LogP contribution in [0.2, 0.25) is 0 Å². The summed E-state index contributed by atoms with van der Waals surface area (Å²) < 4.78 is 35.9. The van der Waals surface area contributed by atoms with Crippen molar-refractivity contribution in [1.29, 1.82) is 0 Å². The van der Waals surface area contributed by atoms with Gasteiger partial charge in [0.15, 0.2) is 0 Å². The fourth-order valence-electron chi connectivity index (χ4n) is 1.61. The maximum atomic E-state index is 12.0. The summed E-state index contributed by atoms with van der Waals surface area (Å²) in [6.07, 6.45) is -2.76. The van der Waals surface area contributed by atoms with E-state index >= 15 is 0 Å². The molecule has 0 saturated heterocycles. The third kappa shape index (κ3) is 4.38. The number of aromatic nitrogens is 2. The third-order valence-electron chi connectivity index (χ3n) is 2.47. The predicted octanol–water partition coefficient (Wildman–Crippen LogP) is 2.84. The van der Waals surface area contributed by atoms with Crippen molar-refractivity contribution in [2.75, 3.05) is 24.2 Å². The van der Waals surface area contributed by atoms with Crippen LogP contribution < -0.4 is 10.6 Å². The van der Waals surface area contributed by atoms with E-state index in [1.165, 1.54) is 6.33 Å². The third-order valence-corrected chi connectivity index (χ3v) is 2.47. The van der Waals surface area contributed by atoms with Gasteiger partial charge in [0.05, 0.1) is 0 Å². The highest BCUT2D eigenvalue weighted by Gasteiger charge is 2.25. The average molecular weight is 262 g/mol. The van der Waals surface area contributed by atoms with Crippen LogP contribution >= 0.6 is 0 Å². The summed E-state index contributed by atoms with van der Waals surface area (Å²) in [5.41, 5.74) is 0.881. The van der Waals surface area contributed by atoms with Gasteiger partial charge >= 0.3 is 6.18 Å². The Kier molecular flexibility index (Phi) is 5.18. The lowest BCUT2D eigenvalue weighted by atomic mass is 10.2. The predicted molar refractivity (Wildman–Crippen MR) is 64.7 cm³/mol. The summed E-state index contributed by atoms with van der Waals surface area (Å²) in [7, 11) is 1.74. The molecule has 0 atom stereocenters. The van der Waals surface area contributed by atoms with Gasteiger partial charge in [0.25, 0.3) is 0 Å². The minimum absolute atomic E-state index is 0.0333. The Morgan fingerprint density at radius 2 is 1.89 bits per heavy atom. The monoisotopic (exact) mass is 262 g/mol. The van der Waals surface area contributed by atoms with Crippen molar-refractivity contribution >= 4 is 11.6 Å². The van der Waals surface area contributed by atoms with Gasteiger partial charge in [-0.3, -0.25) is 0 Å². The van der Waals surface area contributed by atoms with Crippen LogP contribution in [0.3, 0.4) is 0 Å². The molecule has 1 heterocycles. The number of anilines is 2. The molecule has 1 rings (SSSR count). The number of alkyl halides is 3. The second kappa shape index (κ2) is 6.42. The molecule has 102 valence electrons. The molecule has 1 aromatic heterocycles. The number of halogens is 3. The first kappa shape index (κ1) is 14.5. The minimum Gasteiger partial charge on any atom is -0.373 e. The molecule has 0 aliphatic heterocycles. The highest BCUT2D eigenvalue weighted by atomic mass is 19.4. The van der Waals surface area contributed by atoms with Crippen LogP contribution in [0.1, 0.15) is 25.3 Å². The molecule has 0 spiro atoms. The van der Waals surface area contributed by atoms with Crippen molar-refractivity contribution in [3.05, 3.63) is 11.9 Å². The van der Waals surface area contributed by atoms with E-state index in [2.05, 4.69) is 20.6 Å². The molecule has 2 N–H and O–H groups in total. The second-order valence-electron chi connectivity index (χ2n) is 3.80. The van der Waals surface area contributed by atoms with Crippen LogP contribution in [0.4, 0.5) is 24.8 Å². The first-order valence-electron chi connectivity index (χ1n) is 5.80. The first-order chi connectivity index (χ1) is 8.48. The lowest BCUT2D eigenvalue weighted by Gasteiger charge is -2.13. The Labute approximate surface area is 104 Å². The smallest absolute Gasteiger partial charge is 0.373 e. The molecular formula is C11H17F3N4. The molecule has 4 nitrogen and oxygen atoms in total. The van der Waals surface area contributed by atoms with Crippen LogP contribution in [-0.2, 0) is 6.42 Å². The van der Waals surface area contributed by atoms with Gasteiger partial charge in [-0.05, 0) is 12.8 Å². The normalized spacial score (nSPS) is 11.4. The number of hydrogen-bond donors (Lipinski definition) is 2. The number of nitrogens with zero attached hydrogens (tertiary/aromatic N) is 2. The first-order valence-corrected chi connectivity index (χ1v) is 5.80. The molecule has 0 aliphatic rings. The van der Waals surface area contributed by atoms with Crippen LogP contribution in [0.15, 0.2) is 6.33 Å². The number of rotatable bonds is 6. The van der Waals surface area contributed by atoms with Gasteiger partial charge in [-0.2, -0.15) is 13.2 Å². The average Bonchev–Trinajstić information content (AvgIpc) is 2.32. The maximum Gasteiger partial charge on any atom is 0.389 e. The van der Waals surface area contributed by atoms with Crippen LogP contribution in [-0.4, -0.2) is 29.7 Å². The van der Waals surface area contributed by atoms with E-state index in [0.717, 1.165) is 5.56 Å². The second-order valence-corrected chi connectivity index (χ2v) is 3.80. The molecule has 0 saturated carbocycles. The molecule has 0 aromatic carbocycles. The van der Waals surface area contributed by atoms with Crippen LogP contribution in [0.5, 0.6) is 0 Å². The van der Waals surface area contributed by atoms with Crippen molar-refractivity contribution in [3.8, 4) is 0 Å². The topological polar surface area (TPSA) is 49.8 Å². The SMILES string of the molecule is CCc1c(NC)ncnc1NCCCC(F)(F)F. The number of hydrogen-bond acceptors (Lipinski definition) is 4. The zero-order chi connectivity index (χ0) is 13.6. The van der Waals surface area contributed by atoms with E-state index in [4.69, 9.17) is 0 Å². The zero-order valence-electron chi connectivity index (χ0n) is 10.4. The van der Waals surface area contributed by atoms with Crippen molar-refractivity contribution in [2.24, 2.45) is 0 Å². The maximum absolute atomic E-state index is 12.0. The zero-order valence-corrected chi connectivity index (χ0v) is 10.4. The standard InChI is InChI=1S/C11H17F3N4/c1-3-8-9(15-2)17-7-18-10(8)16-6-4-5-11(12,13)14/h7H,3-6H2,1-2H3,(H2,15,16,17,18). The highest BCUT2D eigenvalue weighted by Crippen LogP contribution is 2.22. The summed E-state index contributed by atoms with van der Waals surface area (Å²) >= 11 is 0. The van der Waals surface area contributed by atoms with Gasteiger partial charge in [0, 0.05) is 25.6 Å². The van der Waals surface area contributed by atoms with Crippen molar-refractivity contribution in [1.82, 2.24) is 9.97 Å². The van der Waals surface area contributed by atoms with E-state index in [1.807, 2.05) is 6.92 Å². The van der Waals surface area contributed by atoms with Crippen LogP contribution in [0.25, 0.3) is 0 Å². The molecule has 0 fully saturated rings. The number of nitrogens with one attached hydrogen (secondary N) is 2. The molecular weight excluding hydrogens is 245 g/mol. The summed E-state index contributed by atoms with van der Waals surface area (Å²) in [5, 5.41) is 5.85. The molecule has 0 unspecified atom stereocenters. The Morgan fingerprint density at radius 3 is 2.44 bits per heavy atom. The van der Waals surface area contributed by atoms with Gasteiger partial charge in [-0.1, -0.05) is 6.92 Å². The van der Waals surface area contributed by atoms with Crippen molar-refractivity contribution < 1.29 is 13.2 Å². The summed E-state index contributed by atoms with van der Waals surface area (Å²) in [4.78, 5) is 8.10. The van der Waals surface area contributed by atoms with E-state index in [0.29, 0.717) is 18.1 Å². The largest absolute Gasteiger partial charge is 0.389 e.